The molecule has 0 aliphatic carbocycles. The van der Waals surface area contributed by atoms with E-state index in [1.54, 1.807) is 0 Å². The molecule has 1 atom stereocenters. The minimum absolute atomic E-state index is 0.00139. The Morgan fingerprint density at radius 3 is 1.95 bits per heavy atom. The van der Waals surface area contributed by atoms with Crippen LogP contribution in [-0.2, 0) is 19.7 Å². The van der Waals surface area contributed by atoms with Crippen molar-refractivity contribution >= 4 is 19.7 Å². The van der Waals surface area contributed by atoms with Crippen molar-refractivity contribution in [2.45, 2.75) is 35.8 Å². The molecular weight excluding hydrogens is 314 g/mol. The van der Waals surface area contributed by atoms with E-state index in [-0.39, 0.29) is 22.4 Å². The third kappa shape index (κ3) is 5.74. The molecule has 1 aromatic rings. The maximum absolute atomic E-state index is 12.1. The van der Waals surface area contributed by atoms with Crippen LogP contribution < -0.4 is 5.32 Å². The average molecular weight is 335 g/mol. The van der Waals surface area contributed by atoms with Crippen LogP contribution in [0.15, 0.2) is 34.1 Å². The molecule has 0 amide bonds. The van der Waals surface area contributed by atoms with E-state index in [0.29, 0.717) is 0 Å². The van der Waals surface area contributed by atoms with Gasteiger partial charge in [-0.05, 0) is 24.3 Å². The summed E-state index contributed by atoms with van der Waals surface area (Å²) in [6, 6.07) is 5.14. The molecule has 0 heterocycles. The summed E-state index contributed by atoms with van der Waals surface area (Å²) in [5, 5.41) is 12.7. The number of rotatable bonds is 7. The Morgan fingerprint density at radius 1 is 1.05 bits per heavy atom. The molecule has 0 saturated carbocycles. The lowest BCUT2D eigenvalue weighted by Crippen LogP contribution is -2.35. The van der Waals surface area contributed by atoms with Gasteiger partial charge in [0.15, 0.2) is 19.7 Å². The van der Waals surface area contributed by atoms with E-state index in [0.717, 1.165) is 6.26 Å². The normalized spacial score (nSPS) is 14.3. The lowest BCUT2D eigenvalue weighted by molar-refractivity contribution is 0.190. The molecule has 1 unspecified atom stereocenters. The Morgan fingerprint density at radius 2 is 1.52 bits per heavy atom. The molecule has 0 saturated heterocycles. The average Bonchev–Trinajstić information content (AvgIpc) is 2.35. The summed E-state index contributed by atoms with van der Waals surface area (Å²) in [5.41, 5.74) is 0. The Balaban J connectivity index is 2.84. The van der Waals surface area contributed by atoms with Crippen LogP contribution in [0.1, 0.15) is 13.8 Å². The molecule has 21 heavy (non-hydrogen) atoms. The van der Waals surface area contributed by atoms with Gasteiger partial charge < -0.3 is 10.4 Å². The molecule has 1 rings (SSSR count). The number of aliphatic hydroxyl groups excluding tert-OH is 1. The zero-order valence-electron chi connectivity index (χ0n) is 12.3. The van der Waals surface area contributed by atoms with Gasteiger partial charge in [-0.2, -0.15) is 0 Å². The zero-order valence-corrected chi connectivity index (χ0v) is 13.9. The topological polar surface area (TPSA) is 101 Å². The van der Waals surface area contributed by atoms with Crippen LogP contribution >= 0.6 is 0 Å². The third-order valence-corrected chi connectivity index (χ3v) is 5.73. The molecular formula is C13H21NO5S2. The Hall–Kier alpha value is -0.960. The van der Waals surface area contributed by atoms with Gasteiger partial charge in [0.05, 0.1) is 21.6 Å². The van der Waals surface area contributed by atoms with Crippen LogP contribution in [0.2, 0.25) is 0 Å². The molecule has 1 aromatic carbocycles. The molecule has 0 aromatic heterocycles. The predicted octanol–water partition coefficient (Wildman–Crippen LogP) is 0.223. The summed E-state index contributed by atoms with van der Waals surface area (Å²) in [4.78, 5) is 0.0574. The number of sulfone groups is 2. The standard InChI is InChI=1S/C13H21NO5S2/c1-10(2)14-8-11(15)9-21(18,19)13-6-4-12(5-7-13)20(3,16)17/h4-7,10-11,14-15H,8-9H2,1-3H3. The summed E-state index contributed by atoms with van der Waals surface area (Å²) in [5.74, 6) is -0.412. The molecule has 0 radical (unpaired) electrons. The van der Waals surface area contributed by atoms with Gasteiger partial charge in [0.2, 0.25) is 0 Å². The van der Waals surface area contributed by atoms with E-state index < -0.39 is 31.5 Å². The van der Waals surface area contributed by atoms with E-state index in [1.165, 1.54) is 24.3 Å². The molecule has 0 aliphatic rings. The molecule has 0 spiro atoms. The molecule has 2 N–H and O–H groups in total. The van der Waals surface area contributed by atoms with Gasteiger partial charge in [-0.15, -0.1) is 0 Å². The Labute approximate surface area is 126 Å². The summed E-state index contributed by atoms with van der Waals surface area (Å²) in [6.07, 6.45) is 0.0321. The minimum Gasteiger partial charge on any atom is -0.391 e. The van der Waals surface area contributed by atoms with Gasteiger partial charge in [0, 0.05) is 18.8 Å². The van der Waals surface area contributed by atoms with E-state index >= 15 is 0 Å². The number of nitrogens with one attached hydrogen (secondary N) is 1. The highest BCUT2D eigenvalue weighted by atomic mass is 32.2. The first kappa shape index (κ1) is 18.1. The number of aliphatic hydroxyl groups is 1. The lowest BCUT2D eigenvalue weighted by Gasteiger charge is -2.14. The van der Waals surface area contributed by atoms with E-state index in [2.05, 4.69) is 5.32 Å². The summed E-state index contributed by atoms with van der Waals surface area (Å²) >= 11 is 0. The van der Waals surface area contributed by atoms with Crippen molar-refractivity contribution in [3.63, 3.8) is 0 Å². The summed E-state index contributed by atoms with van der Waals surface area (Å²) < 4.78 is 46.9. The molecule has 120 valence electrons. The number of hydrogen-bond acceptors (Lipinski definition) is 6. The van der Waals surface area contributed by atoms with E-state index in [1.807, 2.05) is 13.8 Å². The van der Waals surface area contributed by atoms with Crippen LogP contribution in [-0.4, -0.2) is 52.6 Å². The van der Waals surface area contributed by atoms with Gasteiger partial charge in [-0.1, -0.05) is 13.8 Å². The van der Waals surface area contributed by atoms with Gasteiger partial charge >= 0.3 is 0 Å². The highest BCUT2D eigenvalue weighted by molar-refractivity contribution is 7.91. The van der Waals surface area contributed by atoms with Crippen molar-refractivity contribution in [2.75, 3.05) is 18.6 Å². The fraction of sp³-hybridized carbons (Fsp3) is 0.538. The first-order valence-electron chi connectivity index (χ1n) is 6.46. The quantitative estimate of drug-likeness (QED) is 0.739. The molecule has 0 fully saturated rings. The number of hydrogen-bond donors (Lipinski definition) is 2. The lowest BCUT2D eigenvalue weighted by atomic mass is 10.3. The first-order chi connectivity index (χ1) is 9.52. The third-order valence-electron chi connectivity index (χ3n) is 2.78. The van der Waals surface area contributed by atoms with Crippen molar-refractivity contribution < 1.29 is 21.9 Å². The SMILES string of the molecule is CC(C)NCC(O)CS(=O)(=O)c1ccc(S(C)(=O)=O)cc1. The van der Waals surface area contributed by atoms with E-state index in [4.69, 9.17) is 0 Å². The Bertz CT molecular complexity index is 663. The van der Waals surface area contributed by atoms with Crippen LogP contribution in [0.25, 0.3) is 0 Å². The van der Waals surface area contributed by atoms with Gasteiger partial charge in [-0.25, -0.2) is 16.8 Å². The summed E-state index contributed by atoms with van der Waals surface area (Å²) in [6.45, 7) is 3.97. The molecule has 8 heteroatoms. The maximum Gasteiger partial charge on any atom is 0.180 e. The Kier molecular flexibility index (Phi) is 5.92. The van der Waals surface area contributed by atoms with Crippen molar-refractivity contribution in [1.82, 2.24) is 5.32 Å². The molecule has 0 bridgehead atoms. The van der Waals surface area contributed by atoms with Gasteiger partial charge in [-0.3, -0.25) is 0 Å². The van der Waals surface area contributed by atoms with Gasteiger partial charge in [0.25, 0.3) is 0 Å². The maximum atomic E-state index is 12.1. The largest absolute Gasteiger partial charge is 0.391 e. The fourth-order valence-corrected chi connectivity index (χ4v) is 3.67. The second kappa shape index (κ2) is 6.87. The van der Waals surface area contributed by atoms with Crippen molar-refractivity contribution in [3.8, 4) is 0 Å². The van der Waals surface area contributed by atoms with Crippen LogP contribution in [0.4, 0.5) is 0 Å². The van der Waals surface area contributed by atoms with Crippen molar-refractivity contribution in [3.05, 3.63) is 24.3 Å². The molecule has 0 aliphatic heterocycles. The van der Waals surface area contributed by atoms with Crippen molar-refractivity contribution in [2.24, 2.45) is 0 Å². The smallest absolute Gasteiger partial charge is 0.180 e. The first-order valence-corrected chi connectivity index (χ1v) is 10.0. The molecule has 6 nitrogen and oxygen atoms in total. The zero-order chi connectivity index (χ0) is 16.3. The minimum atomic E-state index is -3.65. The van der Waals surface area contributed by atoms with Crippen molar-refractivity contribution in [1.29, 1.82) is 0 Å². The van der Waals surface area contributed by atoms with E-state index in [9.17, 15) is 21.9 Å². The monoisotopic (exact) mass is 335 g/mol. The second-order valence-corrected chi connectivity index (χ2v) is 9.29. The van der Waals surface area contributed by atoms with Crippen LogP contribution in [0.5, 0.6) is 0 Å². The summed E-state index contributed by atoms with van der Waals surface area (Å²) in [7, 11) is -7.01. The fourth-order valence-electron chi connectivity index (χ4n) is 1.67. The van der Waals surface area contributed by atoms with Crippen LogP contribution in [0, 0.1) is 0 Å². The van der Waals surface area contributed by atoms with Crippen LogP contribution in [0.3, 0.4) is 0 Å². The highest BCUT2D eigenvalue weighted by Gasteiger charge is 2.20. The van der Waals surface area contributed by atoms with Gasteiger partial charge in [0.1, 0.15) is 0 Å². The second-order valence-electron chi connectivity index (χ2n) is 5.24. The number of benzene rings is 1. The highest BCUT2D eigenvalue weighted by Crippen LogP contribution is 2.16. The predicted molar refractivity (Wildman–Crippen MR) is 80.8 cm³/mol.